The highest BCUT2D eigenvalue weighted by Gasteiger charge is 2.57. The first-order valence-corrected chi connectivity index (χ1v) is 11.1. The number of benzene rings is 3. The van der Waals surface area contributed by atoms with Crippen LogP contribution in [0.25, 0.3) is 0 Å². The second-order valence-electron chi connectivity index (χ2n) is 7.60. The number of imide groups is 1. The van der Waals surface area contributed by atoms with Crippen LogP contribution in [-0.4, -0.2) is 35.3 Å². The fraction of sp³-hybridized carbons (Fsp3) is 0.160. The largest absolute Gasteiger partial charge is 0.494 e. The van der Waals surface area contributed by atoms with Gasteiger partial charge in [-0.2, -0.15) is 0 Å². The van der Waals surface area contributed by atoms with Crippen LogP contribution in [0.2, 0.25) is 0 Å². The lowest BCUT2D eigenvalue weighted by molar-refractivity contribution is -0.130. The van der Waals surface area contributed by atoms with Crippen molar-refractivity contribution >= 4 is 39.3 Å². The summed E-state index contributed by atoms with van der Waals surface area (Å²) in [6.07, 6.45) is 0. The molecule has 2 heterocycles. The van der Waals surface area contributed by atoms with Crippen LogP contribution in [0.1, 0.15) is 39.2 Å². The van der Waals surface area contributed by atoms with Crippen LogP contribution >= 0.6 is 15.9 Å². The molecule has 3 aromatic rings. The van der Waals surface area contributed by atoms with Crippen molar-refractivity contribution in [2.75, 3.05) is 11.5 Å². The van der Waals surface area contributed by atoms with Gasteiger partial charge in [0, 0.05) is 10.2 Å². The summed E-state index contributed by atoms with van der Waals surface area (Å²) in [5, 5.41) is 0. The summed E-state index contributed by atoms with van der Waals surface area (Å²) < 4.78 is 6.43. The molecule has 2 unspecified atom stereocenters. The van der Waals surface area contributed by atoms with Crippen molar-refractivity contribution in [3.8, 4) is 5.75 Å². The lowest BCUT2D eigenvalue weighted by Crippen LogP contribution is -2.67. The van der Waals surface area contributed by atoms with Gasteiger partial charge in [-0.3, -0.25) is 19.3 Å². The number of ether oxygens (including phenoxy) is 1. The highest BCUT2D eigenvalue weighted by molar-refractivity contribution is 9.10. The summed E-state index contributed by atoms with van der Waals surface area (Å²) in [7, 11) is 0. The Labute approximate surface area is 193 Å². The van der Waals surface area contributed by atoms with E-state index in [1.165, 1.54) is 0 Å². The second-order valence-corrected chi connectivity index (χ2v) is 8.52. The highest BCUT2D eigenvalue weighted by atomic mass is 79.9. The van der Waals surface area contributed by atoms with E-state index in [4.69, 9.17) is 4.74 Å². The van der Waals surface area contributed by atoms with E-state index in [1.54, 1.807) is 29.2 Å². The van der Waals surface area contributed by atoms with E-state index < -0.39 is 23.9 Å². The first kappa shape index (κ1) is 20.5. The molecule has 0 radical (unpaired) electrons. The predicted octanol–water partition coefficient (Wildman–Crippen LogP) is 4.60. The number of hydrogen-bond acceptors (Lipinski definition) is 4. The van der Waals surface area contributed by atoms with E-state index in [-0.39, 0.29) is 5.91 Å². The zero-order valence-corrected chi connectivity index (χ0v) is 18.8. The van der Waals surface area contributed by atoms with Gasteiger partial charge in [0.2, 0.25) is 0 Å². The van der Waals surface area contributed by atoms with Crippen molar-refractivity contribution in [2.45, 2.75) is 19.0 Å². The molecule has 32 heavy (non-hydrogen) atoms. The summed E-state index contributed by atoms with van der Waals surface area (Å²) in [5.41, 5.74) is 2.18. The minimum atomic E-state index is -0.913. The number of amides is 3. The normalized spacial score (nSPS) is 19.8. The lowest BCUT2D eigenvalue weighted by atomic mass is 9.86. The maximum atomic E-state index is 13.4. The molecule has 6 nitrogen and oxygen atoms in total. The molecule has 2 atom stereocenters. The van der Waals surface area contributed by atoms with E-state index >= 15 is 0 Å². The molecule has 2 aliphatic rings. The maximum Gasteiger partial charge on any atom is 0.262 e. The Hall–Kier alpha value is -3.45. The van der Waals surface area contributed by atoms with Crippen molar-refractivity contribution in [1.29, 1.82) is 0 Å². The molecule has 0 bridgehead atoms. The number of nitrogens with zero attached hydrogens (tertiary/aromatic N) is 2. The van der Waals surface area contributed by atoms with E-state index in [1.807, 2.05) is 55.5 Å². The number of carbonyl (C=O) groups excluding carboxylic acids is 3. The van der Waals surface area contributed by atoms with Crippen LogP contribution in [0.4, 0.5) is 5.69 Å². The lowest BCUT2D eigenvalue weighted by Gasteiger charge is -2.49. The Morgan fingerprint density at radius 2 is 1.38 bits per heavy atom. The van der Waals surface area contributed by atoms with Gasteiger partial charge < -0.3 is 9.64 Å². The topological polar surface area (TPSA) is 66.9 Å². The van der Waals surface area contributed by atoms with Gasteiger partial charge in [0.25, 0.3) is 17.7 Å². The van der Waals surface area contributed by atoms with Gasteiger partial charge in [-0.15, -0.1) is 0 Å². The van der Waals surface area contributed by atoms with Crippen LogP contribution in [0.5, 0.6) is 5.75 Å². The smallest absolute Gasteiger partial charge is 0.262 e. The van der Waals surface area contributed by atoms with Gasteiger partial charge in [-0.1, -0.05) is 40.2 Å². The van der Waals surface area contributed by atoms with Crippen LogP contribution in [0.15, 0.2) is 77.3 Å². The molecular weight excluding hydrogens is 472 g/mol. The van der Waals surface area contributed by atoms with Crippen molar-refractivity contribution in [3.63, 3.8) is 0 Å². The van der Waals surface area contributed by atoms with Crippen LogP contribution < -0.4 is 9.64 Å². The van der Waals surface area contributed by atoms with Gasteiger partial charge >= 0.3 is 0 Å². The third kappa shape index (κ3) is 3.12. The van der Waals surface area contributed by atoms with E-state index in [0.29, 0.717) is 23.4 Å². The third-order valence-electron chi connectivity index (χ3n) is 5.81. The number of β-lactam (4-membered cyclic amide) rings is 1. The van der Waals surface area contributed by atoms with Crippen molar-refractivity contribution in [2.24, 2.45) is 0 Å². The number of rotatable bonds is 5. The first-order chi connectivity index (χ1) is 15.5. The molecule has 5 rings (SSSR count). The monoisotopic (exact) mass is 490 g/mol. The van der Waals surface area contributed by atoms with Gasteiger partial charge in [0.1, 0.15) is 11.8 Å². The molecule has 160 valence electrons. The Morgan fingerprint density at radius 1 is 0.781 bits per heavy atom. The number of anilines is 1. The van der Waals surface area contributed by atoms with Crippen LogP contribution in [0, 0.1) is 0 Å². The van der Waals surface area contributed by atoms with Gasteiger partial charge in [-0.05, 0) is 61.0 Å². The fourth-order valence-electron chi connectivity index (χ4n) is 4.33. The predicted molar refractivity (Wildman–Crippen MR) is 123 cm³/mol. The van der Waals surface area contributed by atoms with Crippen molar-refractivity contribution in [1.82, 2.24) is 4.90 Å². The molecule has 3 amide bonds. The summed E-state index contributed by atoms with van der Waals surface area (Å²) in [4.78, 5) is 42.3. The third-order valence-corrected chi connectivity index (χ3v) is 6.34. The Morgan fingerprint density at radius 3 is 1.94 bits per heavy atom. The van der Waals surface area contributed by atoms with Crippen molar-refractivity contribution < 1.29 is 19.1 Å². The van der Waals surface area contributed by atoms with Gasteiger partial charge in [0.15, 0.2) is 0 Å². The summed E-state index contributed by atoms with van der Waals surface area (Å²) in [6, 6.07) is 20.1. The molecular formula is C25H19BrN2O4. The summed E-state index contributed by atoms with van der Waals surface area (Å²) in [6.45, 7) is 2.45. The van der Waals surface area contributed by atoms with Crippen LogP contribution in [0.3, 0.4) is 0 Å². The molecule has 3 aromatic carbocycles. The van der Waals surface area contributed by atoms with Gasteiger partial charge in [-0.25, -0.2) is 0 Å². The maximum absolute atomic E-state index is 13.4. The minimum Gasteiger partial charge on any atom is -0.494 e. The summed E-state index contributed by atoms with van der Waals surface area (Å²) >= 11 is 3.42. The average Bonchev–Trinajstić information content (AvgIpc) is 3.05. The second kappa shape index (κ2) is 7.91. The number of hydrogen-bond donors (Lipinski definition) is 0. The summed E-state index contributed by atoms with van der Waals surface area (Å²) in [5.74, 6) is -0.444. The number of carbonyl (C=O) groups is 3. The molecule has 0 N–H and O–H groups in total. The highest BCUT2D eigenvalue weighted by Crippen LogP contribution is 2.44. The Balaban J connectivity index is 1.56. The van der Waals surface area contributed by atoms with E-state index in [9.17, 15) is 14.4 Å². The van der Waals surface area contributed by atoms with Crippen LogP contribution in [-0.2, 0) is 4.79 Å². The van der Waals surface area contributed by atoms with Crippen molar-refractivity contribution in [3.05, 3.63) is 94.0 Å². The first-order valence-electron chi connectivity index (χ1n) is 10.3. The number of halogens is 1. The average molecular weight is 491 g/mol. The Kier molecular flexibility index (Phi) is 5.06. The van der Waals surface area contributed by atoms with Gasteiger partial charge in [0.05, 0.1) is 23.8 Å². The fourth-order valence-corrected chi connectivity index (χ4v) is 4.60. The molecule has 1 fully saturated rings. The molecule has 0 spiro atoms. The zero-order chi connectivity index (χ0) is 22.4. The molecule has 0 aliphatic carbocycles. The number of fused-ring (bicyclic) bond motifs is 1. The van der Waals surface area contributed by atoms with E-state index in [2.05, 4.69) is 15.9 Å². The zero-order valence-electron chi connectivity index (χ0n) is 17.2. The molecule has 1 saturated heterocycles. The standard InChI is InChI=1S/C25H19BrN2O4/c1-2-32-18-13-7-15(8-14-18)21-22(25(31)27(21)17-11-9-16(26)10-12-17)28-23(29)19-5-3-4-6-20(19)24(28)30/h3-14,21-22H,2H2,1H3. The molecule has 0 saturated carbocycles. The molecule has 0 aromatic heterocycles. The van der Waals surface area contributed by atoms with E-state index in [0.717, 1.165) is 20.7 Å². The minimum absolute atomic E-state index is 0.291. The Bertz CT molecular complexity index is 1190. The quantitative estimate of drug-likeness (QED) is 0.387. The molecule has 7 heteroatoms. The SMILES string of the molecule is CCOc1ccc(C2C(N3C(=O)c4ccccc4C3=O)C(=O)N2c2ccc(Br)cc2)cc1. The molecule has 2 aliphatic heterocycles.